The molecule has 2 aliphatic rings. The van der Waals surface area contributed by atoms with Crippen LogP contribution in [-0.4, -0.2) is 67.5 Å². The molecular weight excluding hydrogens is 532 g/mol. The van der Waals surface area contributed by atoms with Gasteiger partial charge in [-0.15, -0.1) is 0 Å². The molecule has 0 atom stereocenters. The normalized spacial score (nSPS) is 22.7. The average Bonchev–Trinajstić information content (AvgIpc) is 2.75. The van der Waals surface area contributed by atoms with E-state index in [9.17, 15) is 0 Å². The third kappa shape index (κ3) is 11.3. The van der Waals surface area contributed by atoms with Gasteiger partial charge in [0, 0.05) is 33.7 Å². The Morgan fingerprint density at radius 1 is 0.884 bits per heavy atom. The van der Waals surface area contributed by atoms with Crippen LogP contribution in [0.1, 0.15) is 148 Å². The molecule has 8 heteroatoms. The van der Waals surface area contributed by atoms with Gasteiger partial charge >= 0.3 is 0 Å². The number of nitrogens with one attached hydrogen (secondary N) is 3. The van der Waals surface area contributed by atoms with Gasteiger partial charge in [-0.2, -0.15) is 4.98 Å². The van der Waals surface area contributed by atoms with Gasteiger partial charge in [0.2, 0.25) is 11.9 Å². The molecule has 43 heavy (non-hydrogen) atoms. The van der Waals surface area contributed by atoms with Crippen molar-refractivity contribution in [2.45, 2.75) is 188 Å². The summed E-state index contributed by atoms with van der Waals surface area (Å²) >= 11 is 0. The number of hydrogen-bond donors (Lipinski definition) is 3. The van der Waals surface area contributed by atoms with Crippen molar-refractivity contribution < 1.29 is 0 Å². The first-order valence-electron chi connectivity index (χ1n) is 16.9. The van der Waals surface area contributed by atoms with Crippen LogP contribution in [0, 0.1) is 5.41 Å². The van der Waals surface area contributed by atoms with E-state index in [-0.39, 0.29) is 33.1 Å². The van der Waals surface area contributed by atoms with Gasteiger partial charge in [-0.3, -0.25) is 4.99 Å². The summed E-state index contributed by atoms with van der Waals surface area (Å²) in [6.45, 7) is 30.8. The van der Waals surface area contributed by atoms with E-state index in [0.29, 0.717) is 18.0 Å². The average molecular weight is 599 g/mol. The Labute approximate surface area is 264 Å². The maximum absolute atomic E-state index is 5.09. The monoisotopic (exact) mass is 599 g/mol. The predicted octanol–water partition coefficient (Wildman–Crippen LogP) is 7.55. The maximum Gasteiger partial charge on any atom is 0.231 e. The molecule has 0 spiro atoms. The second-order valence-electron chi connectivity index (χ2n) is 18.0. The Morgan fingerprint density at radius 3 is 2.07 bits per heavy atom. The van der Waals surface area contributed by atoms with Crippen LogP contribution in [0.3, 0.4) is 0 Å². The fraction of sp³-hybridized carbons (Fsp3) is 0.886. The highest BCUT2D eigenvalue weighted by Crippen LogP contribution is 2.42. The van der Waals surface area contributed by atoms with Gasteiger partial charge in [-0.1, -0.05) is 27.2 Å². The second kappa shape index (κ2) is 13.3. The van der Waals surface area contributed by atoms with Crippen LogP contribution in [0.25, 0.3) is 0 Å². The maximum atomic E-state index is 5.09. The highest BCUT2D eigenvalue weighted by Gasteiger charge is 2.47. The van der Waals surface area contributed by atoms with Gasteiger partial charge in [0.15, 0.2) is 0 Å². The topological polar surface area (TPSA) is 90.4 Å². The van der Waals surface area contributed by atoms with Crippen molar-refractivity contribution in [3.8, 4) is 0 Å². The first-order chi connectivity index (χ1) is 19.6. The SMILES string of the molecule is CC(C)(C)CC(C)(C)Nc1ncnc(N2C(C)(C)CC(N=CCCCCCNC3CC(C)(C)NC(C)(C)C3)CC2(C)C)n1. The number of unbranched alkanes of at least 4 members (excludes halogenated alkanes) is 3. The Hall–Kier alpha value is -1.80. The van der Waals surface area contributed by atoms with Crippen molar-refractivity contribution in [3.05, 3.63) is 6.33 Å². The third-order valence-corrected chi connectivity index (χ3v) is 8.81. The molecule has 0 radical (unpaired) electrons. The van der Waals surface area contributed by atoms with Gasteiger partial charge < -0.3 is 20.9 Å². The summed E-state index contributed by atoms with van der Waals surface area (Å²) in [7, 11) is 0. The van der Waals surface area contributed by atoms with E-state index < -0.39 is 0 Å². The number of piperidine rings is 2. The summed E-state index contributed by atoms with van der Waals surface area (Å²) in [5.74, 6) is 1.39. The highest BCUT2D eigenvalue weighted by molar-refractivity contribution is 5.57. The molecule has 3 N–H and O–H groups in total. The fourth-order valence-electron chi connectivity index (χ4n) is 8.54. The van der Waals surface area contributed by atoms with Crippen LogP contribution in [0.2, 0.25) is 0 Å². The van der Waals surface area contributed by atoms with E-state index >= 15 is 0 Å². The van der Waals surface area contributed by atoms with Crippen LogP contribution in [-0.2, 0) is 0 Å². The third-order valence-electron chi connectivity index (χ3n) is 8.81. The Bertz CT molecular complexity index is 1030. The smallest absolute Gasteiger partial charge is 0.231 e. The lowest BCUT2D eigenvalue weighted by Crippen LogP contribution is -2.62. The fourth-order valence-corrected chi connectivity index (χ4v) is 8.54. The zero-order valence-corrected chi connectivity index (χ0v) is 30.1. The minimum Gasteiger partial charge on any atom is -0.349 e. The van der Waals surface area contributed by atoms with E-state index in [0.717, 1.165) is 38.2 Å². The molecule has 2 aliphatic heterocycles. The predicted molar refractivity (Wildman–Crippen MR) is 185 cm³/mol. The van der Waals surface area contributed by atoms with Crippen molar-refractivity contribution in [1.82, 2.24) is 25.6 Å². The summed E-state index contributed by atoms with van der Waals surface area (Å²) in [6.07, 6.45) is 13.9. The summed E-state index contributed by atoms with van der Waals surface area (Å²) in [5, 5.41) is 11.2. The number of aromatic nitrogens is 3. The minimum atomic E-state index is -0.132. The van der Waals surface area contributed by atoms with E-state index in [1.54, 1.807) is 6.33 Å². The van der Waals surface area contributed by atoms with Crippen molar-refractivity contribution in [2.75, 3.05) is 16.8 Å². The molecular formula is C35H66N8. The number of nitrogens with zero attached hydrogens (tertiary/aromatic N) is 5. The molecule has 0 amide bonds. The molecule has 2 fully saturated rings. The molecule has 0 aromatic carbocycles. The largest absolute Gasteiger partial charge is 0.349 e. The molecule has 0 unspecified atom stereocenters. The summed E-state index contributed by atoms with van der Waals surface area (Å²) in [6, 6.07) is 0.908. The van der Waals surface area contributed by atoms with Gasteiger partial charge in [0.1, 0.15) is 6.33 Å². The minimum absolute atomic E-state index is 0.123. The molecule has 1 aromatic rings. The zero-order valence-electron chi connectivity index (χ0n) is 30.1. The lowest BCUT2D eigenvalue weighted by atomic mass is 9.77. The quantitative estimate of drug-likeness (QED) is 0.169. The molecule has 0 aliphatic carbocycles. The Kier molecular flexibility index (Phi) is 11.0. The molecule has 0 saturated carbocycles. The number of hydrogen-bond acceptors (Lipinski definition) is 8. The van der Waals surface area contributed by atoms with Gasteiger partial charge in [0.25, 0.3) is 0 Å². The van der Waals surface area contributed by atoms with Crippen LogP contribution in [0.4, 0.5) is 11.9 Å². The number of aliphatic imine (C=N–C) groups is 1. The summed E-state index contributed by atoms with van der Waals surface area (Å²) < 4.78 is 0. The molecule has 246 valence electrons. The zero-order chi connectivity index (χ0) is 32.3. The van der Waals surface area contributed by atoms with Crippen LogP contribution < -0.4 is 20.9 Å². The first kappa shape index (κ1) is 35.7. The van der Waals surface area contributed by atoms with E-state index in [2.05, 4.69) is 127 Å². The van der Waals surface area contributed by atoms with Crippen molar-refractivity contribution >= 4 is 18.1 Å². The molecule has 2 saturated heterocycles. The first-order valence-corrected chi connectivity index (χ1v) is 16.9. The van der Waals surface area contributed by atoms with E-state index in [1.165, 1.54) is 32.1 Å². The van der Waals surface area contributed by atoms with Crippen LogP contribution in [0.15, 0.2) is 11.3 Å². The van der Waals surface area contributed by atoms with Crippen molar-refractivity contribution in [3.63, 3.8) is 0 Å². The second-order valence-corrected chi connectivity index (χ2v) is 18.0. The lowest BCUT2D eigenvalue weighted by Gasteiger charge is -2.54. The van der Waals surface area contributed by atoms with Gasteiger partial charge in [-0.05, 0) is 139 Å². The highest BCUT2D eigenvalue weighted by atomic mass is 15.4. The van der Waals surface area contributed by atoms with Crippen LogP contribution >= 0.6 is 0 Å². The van der Waals surface area contributed by atoms with E-state index in [4.69, 9.17) is 9.98 Å². The van der Waals surface area contributed by atoms with Gasteiger partial charge in [0.05, 0.1) is 6.04 Å². The van der Waals surface area contributed by atoms with E-state index in [1.807, 2.05) is 0 Å². The molecule has 8 nitrogen and oxygen atoms in total. The Balaban J connectivity index is 1.49. The standard InChI is InChI=1S/C35H66N8/c1-30(2,3)24-33(8,9)41-28-38-25-39-29(40-28)43-34(10,11)22-27(23-35(43,12)13)37-19-17-15-14-16-18-36-26-20-31(4,5)42-32(6,7)21-26/h19,25-27,36,42H,14-18,20-24H2,1-13H3,(H,38,39,40,41). The molecule has 3 heterocycles. The Morgan fingerprint density at radius 2 is 1.49 bits per heavy atom. The van der Waals surface area contributed by atoms with Crippen LogP contribution in [0.5, 0.6) is 0 Å². The number of rotatable bonds is 12. The lowest BCUT2D eigenvalue weighted by molar-refractivity contribution is 0.146. The van der Waals surface area contributed by atoms with Crippen molar-refractivity contribution in [1.29, 1.82) is 0 Å². The summed E-state index contributed by atoms with van der Waals surface area (Å²) in [4.78, 5) is 21.5. The van der Waals surface area contributed by atoms with Crippen molar-refractivity contribution in [2.24, 2.45) is 10.4 Å². The molecule has 3 rings (SSSR count). The molecule has 1 aromatic heterocycles. The molecule has 0 bridgehead atoms. The summed E-state index contributed by atoms with van der Waals surface area (Å²) in [5.41, 5.74) is 0.215. The van der Waals surface area contributed by atoms with Gasteiger partial charge in [-0.25, -0.2) is 9.97 Å². The number of anilines is 2.